The molecule has 0 aliphatic heterocycles. The van der Waals surface area contributed by atoms with Crippen molar-refractivity contribution in [2.45, 2.75) is 32.4 Å². The number of alkyl halides is 3. The lowest BCUT2D eigenvalue weighted by molar-refractivity contribution is -0.139. The van der Waals surface area contributed by atoms with E-state index in [4.69, 9.17) is 9.47 Å². The summed E-state index contributed by atoms with van der Waals surface area (Å²) in [6.45, 7) is 5.69. The smallest absolute Gasteiger partial charge is 0.420 e. The Hall–Kier alpha value is -1.30. The molecule has 0 aliphatic rings. The third-order valence-corrected chi connectivity index (χ3v) is 2.49. The fraction of sp³-hybridized carbons (Fsp3) is 0.615. The Balaban J connectivity index is 3.11. The van der Waals surface area contributed by atoms with Crippen LogP contribution in [-0.2, 0) is 16.3 Å². The molecule has 0 saturated carbocycles. The number of hydrogen-bond donors (Lipinski definition) is 0. The van der Waals surface area contributed by atoms with E-state index in [0.29, 0.717) is 5.69 Å². The lowest BCUT2D eigenvalue weighted by Crippen LogP contribution is -2.18. The predicted molar refractivity (Wildman–Crippen MR) is 65.3 cm³/mol. The minimum Gasteiger partial charge on any atom is -0.489 e. The Morgan fingerprint density at radius 3 is 2.26 bits per heavy atom. The molecule has 0 aliphatic carbocycles. The molecule has 0 fully saturated rings. The van der Waals surface area contributed by atoms with Crippen molar-refractivity contribution >= 4 is 0 Å². The van der Waals surface area contributed by atoms with Gasteiger partial charge in [0.1, 0.15) is 17.9 Å². The largest absolute Gasteiger partial charge is 0.489 e. The van der Waals surface area contributed by atoms with Crippen molar-refractivity contribution in [3.05, 3.63) is 23.5 Å². The van der Waals surface area contributed by atoms with Gasteiger partial charge < -0.3 is 9.47 Å². The third kappa shape index (κ3) is 4.38. The highest BCUT2D eigenvalue weighted by Gasteiger charge is 2.36. The van der Waals surface area contributed by atoms with E-state index < -0.39 is 17.2 Å². The van der Waals surface area contributed by atoms with E-state index in [1.54, 1.807) is 20.8 Å². The molecule has 0 spiro atoms. The zero-order valence-corrected chi connectivity index (χ0v) is 11.5. The molecule has 1 aromatic heterocycles. The van der Waals surface area contributed by atoms with E-state index in [1.165, 1.54) is 7.11 Å². The highest BCUT2D eigenvalue weighted by atomic mass is 19.4. The molecule has 1 aromatic rings. The first-order valence-corrected chi connectivity index (χ1v) is 5.85. The van der Waals surface area contributed by atoms with Crippen LogP contribution in [0.15, 0.2) is 12.3 Å². The van der Waals surface area contributed by atoms with Gasteiger partial charge >= 0.3 is 6.18 Å². The Kier molecular flexibility index (Phi) is 4.79. The summed E-state index contributed by atoms with van der Waals surface area (Å²) in [4.78, 5) is 4.04. The molecule has 0 bridgehead atoms. The van der Waals surface area contributed by atoms with E-state index in [2.05, 4.69) is 4.98 Å². The van der Waals surface area contributed by atoms with Crippen LogP contribution in [0.2, 0.25) is 0 Å². The van der Waals surface area contributed by atoms with Crippen LogP contribution in [0.3, 0.4) is 0 Å². The Bertz CT molecular complexity index is 425. The van der Waals surface area contributed by atoms with Gasteiger partial charge in [-0.05, 0) is 6.07 Å². The van der Waals surface area contributed by atoms with Crippen molar-refractivity contribution in [2.75, 3.05) is 20.3 Å². The fourth-order valence-corrected chi connectivity index (χ4v) is 1.42. The van der Waals surface area contributed by atoms with Crippen molar-refractivity contribution in [3.63, 3.8) is 0 Å². The van der Waals surface area contributed by atoms with Crippen LogP contribution in [0.5, 0.6) is 5.75 Å². The molecule has 3 nitrogen and oxygen atoms in total. The van der Waals surface area contributed by atoms with Crippen molar-refractivity contribution in [1.82, 2.24) is 4.98 Å². The zero-order valence-electron chi connectivity index (χ0n) is 11.5. The first kappa shape index (κ1) is 15.8. The van der Waals surface area contributed by atoms with Gasteiger partial charge in [0.25, 0.3) is 0 Å². The number of nitrogens with zero attached hydrogens (tertiary/aromatic N) is 1. The zero-order chi connectivity index (χ0) is 14.7. The monoisotopic (exact) mass is 277 g/mol. The number of halogens is 3. The average molecular weight is 277 g/mol. The number of hydrogen-bond acceptors (Lipinski definition) is 3. The molecular weight excluding hydrogens is 259 g/mol. The molecule has 19 heavy (non-hydrogen) atoms. The van der Waals surface area contributed by atoms with Crippen LogP contribution in [0.1, 0.15) is 32.0 Å². The lowest BCUT2D eigenvalue weighted by atomic mass is 9.90. The van der Waals surface area contributed by atoms with Crippen LogP contribution < -0.4 is 4.74 Å². The molecule has 0 radical (unpaired) electrons. The number of ether oxygens (including phenoxy) is 2. The van der Waals surface area contributed by atoms with Gasteiger partial charge in [-0.15, -0.1) is 0 Å². The molecule has 0 N–H and O–H groups in total. The van der Waals surface area contributed by atoms with Gasteiger partial charge in [-0.3, -0.25) is 4.98 Å². The Morgan fingerprint density at radius 1 is 1.16 bits per heavy atom. The van der Waals surface area contributed by atoms with Crippen LogP contribution in [-0.4, -0.2) is 25.3 Å². The fourth-order valence-electron chi connectivity index (χ4n) is 1.42. The summed E-state index contributed by atoms with van der Waals surface area (Å²) in [5.41, 5.74) is -0.882. The first-order valence-electron chi connectivity index (χ1n) is 5.85. The van der Waals surface area contributed by atoms with Crippen molar-refractivity contribution in [1.29, 1.82) is 0 Å². The highest BCUT2D eigenvalue weighted by molar-refractivity contribution is 5.36. The molecule has 108 valence electrons. The van der Waals surface area contributed by atoms with Crippen molar-refractivity contribution < 1.29 is 22.6 Å². The van der Waals surface area contributed by atoms with E-state index in [9.17, 15) is 13.2 Å². The van der Waals surface area contributed by atoms with Crippen LogP contribution in [0.25, 0.3) is 0 Å². The Morgan fingerprint density at radius 2 is 1.79 bits per heavy atom. The van der Waals surface area contributed by atoms with Gasteiger partial charge in [-0.2, -0.15) is 13.2 Å². The van der Waals surface area contributed by atoms with Crippen molar-refractivity contribution in [2.24, 2.45) is 0 Å². The minimum atomic E-state index is -4.47. The molecule has 0 saturated heterocycles. The SMILES string of the molecule is COCCOc1cnc(C(C)(C)C)cc1C(F)(F)F. The van der Waals surface area contributed by atoms with E-state index in [1.807, 2.05) is 0 Å². The minimum absolute atomic E-state index is 0.0517. The summed E-state index contributed by atoms with van der Waals surface area (Å²) < 4.78 is 48.8. The molecular formula is C13H18F3NO2. The number of rotatable bonds is 4. The maximum atomic E-state index is 13.0. The molecule has 0 unspecified atom stereocenters. The predicted octanol–water partition coefficient (Wildman–Crippen LogP) is 3.42. The van der Waals surface area contributed by atoms with E-state index in [0.717, 1.165) is 12.3 Å². The highest BCUT2D eigenvalue weighted by Crippen LogP contribution is 2.37. The molecule has 0 aromatic carbocycles. The summed E-state index contributed by atoms with van der Waals surface area (Å²) in [5.74, 6) is -0.266. The average Bonchev–Trinajstić information content (AvgIpc) is 2.27. The second kappa shape index (κ2) is 5.77. The summed E-state index contributed by atoms with van der Waals surface area (Å²) in [6.07, 6.45) is -3.34. The van der Waals surface area contributed by atoms with Gasteiger partial charge in [-0.25, -0.2) is 0 Å². The summed E-state index contributed by atoms with van der Waals surface area (Å²) in [7, 11) is 1.45. The maximum absolute atomic E-state index is 13.0. The molecule has 0 amide bonds. The molecule has 0 atom stereocenters. The first-order chi connectivity index (χ1) is 8.66. The van der Waals surface area contributed by atoms with Gasteiger partial charge in [0.2, 0.25) is 0 Å². The Labute approximate surface area is 110 Å². The topological polar surface area (TPSA) is 31.4 Å². The van der Waals surface area contributed by atoms with E-state index in [-0.39, 0.29) is 19.0 Å². The van der Waals surface area contributed by atoms with Crippen LogP contribution >= 0.6 is 0 Å². The molecule has 1 heterocycles. The van der Waals surface area contributed by atoms with Gasteiger partial charge in [-0.1, -0.05) is 20.8 Å². The van der Waals surface area contributed by atoms with Crippen molar-refractivity contribution in [3.8, 4) is 5.75 Å². The van der Waals surface area contributed by atoms with Crippen LogP contribution in [0.4, 0.5) is 13.2 Å². The summed E-state index contributed by atoms with van der Waals surface area (Å²) in [6, 6.07) is 1.04. The third-order valence-electron chi connectivity index (χ3n) is 2.49. The standard InChI is InChI=1S/C13H18F3NO2/c1-12(2,3)11-7-9(13(14,15)16)10(8-17-11)19-6-5-18-4/h7-8H,5-6H2,1-4H3. The van der Waals surface area contributed by atoms with Gasteiger partial charge in [0.05, 0.1) is 12.8 Å². The number of methoxy groups -OCH3 is 1. The van der Waals surface area contributed by atoms with E-state index >= 15 is 0 Å². The van der Waals surface area contributed by atoms with Crippen LogP contribution in [0, 0.1) is 0 Å². The quantitative estimate of drug-likeness (QED) is 0.790. The second-order valence-corrected chi connectivity index (χ2v) is 5.15. The normalized spacial score (nSPS) is 12.6. The summed E-state index contributed by atoms with van der Waals surface area (Å²) in [5, 5.41) is 0. The maximum Gasteiger partial charge on any atom is 0.420 e. The van der Waals surface area contributed by atoms with Gasteiger partial charge in [0.15, 0.2) is 0 Å². The number of aromatic nitrogens is 1. The van der Waals surface area contributed by atoms with Gasteiger partial charge in [0, 0.05) is 18.2 Å². The molecule has 1 rings (SSSR count). The lowest BCUT2D eigenvalue weighted by Gasteiger charge is -2.21. The summed E-state index contributed by atoms with van der Waals surface area (Å²) >= 11 is 0. The number of pyridine rings is 1. The second-order valence-electron chi connectivity index (χ2n) is 5.15. The molecule has 6 heteroatoms.